The van der Waals surface area contributed by atoms with Crippen molar-refractivity contribution in [1.82, 2.24) is 15.5 Å². The Morgan fingerprint density at radius 2 is 1.95 bits per heavy atom. The van der Waals surface area contributed by atoms with Gasteiger partial charge in [0.2, 0.25) is 5.91 Å². The fourth-order valence-electron chi connectivity index (χ4n) is 4.24. The maximum absolute atomic E-state index is 12.9. The van der Waals surface area contributed by atoms with Gasteiger partial charge in [-0.3, -0.25) is 14.9 Å². The largest absolute Gasteiger partial charge is 0.635 e. The smallest absolute Gasteiger partial charge is 0.402 e. The molecular formula is C25H32BF3N4O6. The van der Waals surface area contributed by atoms with E-state index in [1.165, 1.54) is 4.90 Å². The number of benzene rings is 1. The summed E-state index contributed by atoms with van der Waals surface area (Å²) < 4.78 is 49.3. The summed E-state index contributed by atoms with van der Waals surface area (Å²) in [4.78, 5) is 27.3. The van der Waals surface area contributed by atoms with Gasteiger partial charge in [0.1, 0.15) is 23.9 Å². The summed E-state index contributed by atoms with van der Waals surface area (Å²) in [6.07, 6.45) is -1.01. The maximum Gasteiger partial charge on any atom is 0.635 e. The van der Waals surface area contributed by atoms with Gasteiger partial charge in [0, 0.05) is 13.0 Å². The fourth-order valence-corrected chi connectivity index (χ4v) is 4.24. The average molecular weight is 552 g/mol. The Bertz CT molecular complexity index is 1030. The molecule has 1 saturated carbocycles. The number of alkyl halides is 3. The first kappa shape index (κ1) is 30.6. The number of allylic oxidation sites excluding steroid dienone is 1. The van der Waals surface area contributed by atoms with Gasteiger partial charge >= 0.3 is 13.5 Å². The van der Waals surface area contributed by atoms with Gasteiger partial charge in [0.15, 0.2) is 0 Å². The summed E-state index contributed by atoms with van der Waals surface area (Å²) in [7, 11) is -2.23. The second-order valence-electron chi connectivity index (χ2n) is 9.56. The zero-order valence-electron chi connectivity index (χ0n) is 21.3. The molecule has 0 unspecified atom stereocenters. The Morgan fingerprint density at radius 1 is 1.23 bits per heavy atom. The highest BCUT2D eigenvalue weighted by Crippen LogP contribution is 2.32. The number of rotatable bonds is 14. The number of nitrogens with zero attached hydrogens (tertiary/aromatic N) is 2. The Labute approximate surface area is 224 Å². The standard InChI is InChI=1S/C25H32BF3N4O6/c27-25(28,29)16-31-21(23(34)32-22(39-26(36)37)12-17-5-2-1-3-6-17)15-38-14-20-7-4-10-33(20)24(35)19(13-30)11-18-8-9-18/h1-3,5-6,11,18,20-22,31,36-37H,4,7-10,12,14-16H2,(H,32,34)/t20-,21+,22-/m1/s1. The van der Waals surface area contributed by atoms with E-state index < -0.39 is 56.8 Å². The number of carbonyl (C=O) groups excluding carboxylic acids is 2. The summed E-state index contributed by atoms with van der Waals surface area (Å²) >= 11 is 0. The SMILES string of the molecule is N#CC(=CC1CC1)C(=O)N1CCC[C@@H]1COC[C@H](NCC(F)(F)F)C(=O)N[C@@H](Cc1ccccc1)OB(O)O. The van der Waals surface area contributed by atoms with Crippen LogP contribution < -0.4 is 10.6 Å². The molecule has 0 radical (unpaired) electrons. The molecule has 2 amide bonds. The molecule has 0 aromatic heterocycles. The number of ether oxygens (including phenoxy) is 1. The number of nitriles is 1. The molecule has 1 heterocycles. The number of likely N-dealkylation sites (tertiary alicyclic amines) is 1. The lowest BCUT2D eigenvalue weighted by molar-refractivity contribution is -0.136. The van der Waals surface area contributed by atoms with Crippen LogP contribution in [0.5, 0.6) is 0 Å². The lowest BCUT2D eigenvalue weighted by atomic mass is 10.1. The van der Waals surface area contributed by atoms with E-state index in [4.69, 9.17) is 9.39 Å². The number of halogens is 3. The Kier molecular flexibility index (Phi) is 11.3. The molecule has 4 N–H and O–H groups in total. The summed E-state index contributed by atoms with van der Waals surface area (Å²) in [5.74, 6) is -1.07. The van der Waals surface area contributed by atoms with Crippen molar-refractivity contribution in [3.8, 4) is 6.07 Å². The van der Waals surface area contributed by atoms with E-state index in [0.717, 1.165) is 12.8 Å². The molecule has 0 spiro atoms. The molecule has 2 aliphatic rings. The van der Waals surface area contributed by atoms with E-state index in [-0.39, 0.29) is 24.5 Å². The number of hydrogen-bond donors (Lipinski definition) is 4. The number of amides is 2. The first-order chi connectivity index (χ1) is 18.6. The predicted molar refractivity (Wildman–Crippen MR) is 133 cm³/mol. The number of carbonyl (C=O) groups is 2. The monoisotopic (exact) mass is 552 g/mol. The first-order valence-corrected chi connectivity index (χ1v) is 12.7. The van der Waals surface area contributed by atoms with Crippen molar-refractivity contribution in [3.63, 3.8) is 0 Å². The van der Waals surface area contributed by atoms with E-state index in [1.54, 1.807) is 36.4 Å². The van der Waals surface area contributed by atoms with Crippen molar-refractivity contribution >= 4 is 19.1 Å². The second kappa shape index (κ2) is 14.4. The lowest BCUT2D eigenvalue weighted by Gasteiger charge is -2.27. The van der Waals surface area contributed by atoms with E-state index in [0.29, 0.717) is 24.9 Å². The molecular weight excluding hydrogens is 520 g/mol. The quantitative estimate of drug-likeness (QED) is 0.116. The highest BCUT2D eigenvalue weighted by Gasteiger charge is 2.34. The van der Waals surface area contributed by atoms with Crippen LogP contribution in [0.3, 0.4) is 0 Å². The molecule has 1 aromatic rings. The van der Waals surface area contributed by atoms with Gasteiger partial charge in [0.25, 0.3) is 5.91 Å². The minimum Gasteiger partial charge on any atom is -0.402 e. The van der Waals surface area contributed by atoms with E-state index in [1.807, 2.05) is 6.07 Å². The Balaban J connectivity index is 1.61. The minimum absolute atomic E-state index is 0.0196. The van der Waals surface area contributed by atoms with Crippen LogP contribution in [0.25, 0.3) is 0 Å². The molecule has 212 valence electrons. The molecule has 3 rings (SSSR count). The second-order valence-corrected chi connectivity index (χ2v) is 9.56. The maximum atomic E-state index is 12.9. The van der Waals surface area contributed by atoms with Crippen molar-refractivity contribution in [2.24, 2.45) is 5.92 Å². The van der Waals surface area contributed by atoms with Crippen molar-refractivity contribution < 1.29 is 42.2 Å². The molecule has 39 heavy (non-hydrogen) atoms. The highest BCUT2D eigenvalue weighted by molar-refractivity contribution is 6.32. The van der Waals surface area contributed by atoms with Crippen LogP contribution in [0.4, 0.5) is 13.2 Å². The van der Waals surface area contributed by atoms with Gasteiger partial charge < -0.3 is 29.7 Å². The van der Waals surface area contributed by atoms with E-state index >= 15 is 0 Å². The van der Waals surface area contributed by atoms with Crippen LogP contribution >= 0.6 is 0 Å². The van der Waals surface area contributed by atoms with Crippen molar-refractivity contribution in [3.05, 3.63) is 47.5 Å². The highest BCUT2D eigenvalue weighted by atomic mass is 19.4. The summed E-state index contributed by atoms with van der Waals surface area (Å²) in [5.41, 5.74) is 0.752. The van der Waals surface area contributed by atoms with Crippen LogP contribution in [-0.4, -0.2) is 84.9 Å². The molecule has 1 aromatic carbocycles. The van der Waals surface area contributed by atoms with Crippen molar-refractivity contribution in [2.45, 2.75) is 56.6 Å². The number of nitrogens with one attached hydrogen (secondary N) is 2. The van der Waals surface area contributed by atoms with Crippen LogP contribution in [0.1, 0.15) is 31.2 Å². The molecule has 0 bridgehead atoms. The van der Waals surface area contributed by atoms with Crippen LogP contribution in [0.2, 0.25) is 0 Å². The average Bonchev–Trinajstić information content (AvgIpc) is 3.58. The van der Waals surface area contributed by atoms with E-state index in [9.17, 15) is 38.1 Å². The lowest BCUT2D eigenvalue weighted by Crippen LogP contribution is -2.54. The zero-order valence-corrected chi connectivity index (χ0v) is 21.3. The predicted octanol–water partition coefficient (Wildman–Crippen LogP) is 1.05. The minimum atomic E-state index is -4.60. The van der Waals surface area contributed by atoms with Gasteiger partial charge in [-0.2, -0.15) is 18.4 Å². The third kappa shape index (κ3) is 10.6. The third-order valence-electron chi connectivity index (χ3n) is 6.33. The van der Waals surface area contributed by atoms with Crippen molar-refractivity contribution in [1.29, 1.82) is 5.26 Å². The van der Waals surface area contributed by atoms with Gasteiger partial charge in [-0.05, 0) is 37.2 Å². The van der Waals surface area contributed by atoms with Crippen LogP contribution in [-0.2, 0) is 25.4 Å². The molecule has 2 fully saturated rings. The van der Waals surface area contributed by atoms with Gasteiger partial charge in [-0.1, -0.05) is 36.4 Å². The molecule has 3 atom stereocenters. The molecule has 10 nitrogen and oxygen atoms in total. The molecule has 1 saturated heterocycles. The first-order valence-electron chi connectivity index (χ1n) is 12.7. The van der Waals surface area contributed by atoms with E-state index in [2.05, 4.69) is 10.6 Å². The normalized spacial score (nSPS) is 19.3. The fraction of sp³-hybridized carbons (Fsp3) is 0.560. The summed E-state index contributed by atoms with van der Waals surface area (Å²) in [6.45, 7) is -1.53. The Hall–Kier alpha value is -2.96. The summed E-state index contributed by atoms with van der Waals surface area (Å²) in [5, 5.41) is 32.4. The molecule has 1 aliphatic heterocycles. The third-order valence-corrected chi connectivity index (χ3v) is 6.33. The topological polar surface area (TPSA) is 144 Å². The summed E-state index contributed by atoms with van der Waals surface area (Å²) in [6, 6.07) is 8.73. The van der Waals surface area contributed by atoms with Crippen LogP contribution in [0, 0.1) is 17.2 Å². The number of hydrogen-bond acceptors (Lipinski definition) is 8. The van der Waals surface area contributed by atoms with Gasteiger partial charge in [-0.15, -0.1) is 0 Å². The van der Waals surface area contributed by atoms with Gasteiger partial charge in [-0.25, -0.2) is 0 Å². The molecule has 1 aliphatic carbocycles. The van der Waals surface area contributed by atoms with Crippen LogP contribution in [0.15, 0.2) is 42.0 Å². The zero-order chi connectivity index (χ0) is 28.4. The molecule has 14 heteroatoms. The Morgan fingerprint density at radius 3 is 2.56 bits per heavy atom. The van der Waals surface area contributed by atoms with Gasteiger partial charge in [0.05, 0.1) is 25.8 Å². The van der Waals surface area contributed by atoms with Crippen molar-refractivity contribution in [2.75, 3.05) is 26.3 Å².